The first kappa shape index (κ1) is 17.7. The Labute approximate surface area is 171 Å². The molecule has 0 unspecified atom stereocenters. The second-order valence-corrected chi connectivity index (χ2v) is 6.56. The molecule has 0 fully saturated rings. The van der Waals surface area contributed by atoms with Crippen LogP contribution in [0.3, 0.4) is 0 Å². The molecular weight excluding hydrogens is 515 g/mol. The van der Waals surface area contributed by atoms with E-state index in [9.17, 15) is 0 Å². The van der Waals surface area contributed by atoms with Gasteiger partial charge in [0.15, 0.2) is 0 Å². The summed E-state index contributed by atoms with van der Waals surface area (Å²) in [6.07, 6.45) is 7.18. The van der Waals surface area contributed by atoms with Crippen LogP contribution >= 0.6 is 0 Å². The van der Waals surface area contributed by atoms with Gasteiger partial charge >= 0.3 is 0 Å². The zero-order valence-electron chi connectivity index (χ0n) is 14.8. The third-order valence-electron chi connectivity index (χ3n) is 4.63. The fraction of sp³-hybridized carbons (Fsp3) is 0.0909. The first-order valence-electron chi connectivity index (χ1n) is 8.82. The molecule has 5 heterocycles. The molecule has 4 nitrogen and oxygen atoms in total. The number of allylic oxidation sites excluding steroid dienone is 1. The molecule has 2 aliphatic rings. The van der Waals surface area contributed by atoms with Crippen molar-refractivity contribution in [2.75, 3.05) is 0 Å². The topological polar surface area (TPSA) is 57.4 Å². The Morgan fingerprint density at radius 1 is 0.704 bits per heavy atom. The molecule has 8 bridgehead atoms. The minimum atomic E-state index is 0. The molecule has 2 aliphatic heterocycles. The zero-order valence-corrected chi connectivity index (χ0v) is 17.0. The zero-order chi connectivity index (χ0) is 17.5. The van der Waals surface area contributed by atoms with Crippen molar-refractivity contribution < 1.29 is 21.1 Å². The summed E-state index contributed by atoms with van der Waals surface area (Å²) < 4.78 is 0. The summed E-state index contributed by atoms with van der Waals surface area (Å²) in [5.41, 5.74) is 9.28. The summed E-state index contributed by atoms with van der Waals surface area (Å²) in [6.45, 7) is 2.16. The van der Waals surface area contributed by atoms with Crippen LogP contribution in [0.25, 0.3) is 45.9 Å². The first-order valence-corrected chi connectivity index (χ1v) is 8.82. The van der Waals surface area contributed by atoms with Crippen molar-refractivity contribution >= 4 is 45.9 Å². The van der Waals surface area contributed by atoms with Crippen molar-refractivity contribution in [1.29, 1.82) is 0 Å². The van der Waals surface area contributed by atoms with Crippen molar-refractivity contribution in [2.24, 2.45) is 0 Å². The van der Waals surface area contributed by atoms with Crippen LogP contribution in [0.4, 0.5) is 0 Å². The summed E-state index contributed by atoms with van der Waals surface area (Å²) in [6, 6.07) is 16.6. The van der Waals surface area contributed by atoms with Crippen molar-refractivity contribution in [2.45, 2.75) is 13.3 Å². The van der Waals surface area contributed by atoms with Crippen molar-refractivity contribution in [1.82, 2.24) is 19.9 Å². The van der Waals surface area contributed by atoms with E-state index in [4.69, 9.17) is 4.98 Å². The molecule has 0 atom stereocenters. The SMILES string of the molecule is CCC1=Cc2cc3ccc(cc4nc(cc5ccc(cc1n2)[nH]5)C=C4)[nH]3.[Pt]. The number of aromatic nitrogens is 4. The molecule has 0 radical (unpaired) electrons. The Bertz CT molecular complexity index is 1230. The average molecular weight is 533 g/mol. The van der Waals surface area contributed by atoms with E-state index in [0.717, 1.165) is 51.3 Å². The Morgan fingerprint density at radius 3 is 1.78 bits per heavy atom. The summed E-state index contributed by atoms with van der Waals surface area (Å²) in [4.78, 5) is 16.3. The Balaban J connectivity index is 0.00000180. The monoisotopic (exact) mass is 533 g/mol. The molecule has 0 saturated carbocycles. The molecule has 0 aromatic carbocycles. The quantitative estimate of drug-likeness (QED) is 0.343. The predicted octanol–water partition coefficient (Wildman–Crippen LogP) is 5.43. The molecule has 0 aliphatic carbocycles. The van der Waals surface area contributed by atoms with Crippen LogP contribution in [-0.2, 0) is 21.1 Å². The predicted molar refractivity (Wildman–Crippen MR) is 108 cm³/mol. The van der Waals surface area contributed by atoms with Crippen LogP contribution in [0, 0.1) is 0 Å². The number of hydrogen-bond acceptors (Lipinski definition) is 2. The van der Waals surface area contributed by atoms with Gasteiger partial charge in [-0.15, -0.1) is 0 Å². The summed E-state index contributed by atoms with van der Waals surface area (Å²) in [5, 5.41) is 0. The van der Waals surface area contributed by atoms with E-state index >= 15 is 0 Å². The Hall–Kier alpha value is -2.71. The summed E-state index contributed by atoms with van der Waals surface area (Å²) in [5.74, 6) is 0. The summed E-state index contributed by atoms with van der Waals surface area (Å²) >= 11 is 0. The standard InChI is InChI=1S/C22H18N4.Pt/c1-2-14-9-21-12-19-6-5-17(24-19)10-15-3-4-16(23-15)11-18-7-8-20(25-18)13-22(14)26-21;/h3-13,24-25H,2H2,1H3;. The van der Waals surface area contributed by atoms with Gasteiger partial charge in [0.1, 0.15) is 0 Å². The number of nitrogens with one attached hydrogen (secondary N) is 2. The maximum absolute atomic E-state index is 4.81. The van der Waals surface area contributed by atoms with E-state index in [-0.39, 0.29) is 21.1 Å². The Morgan fingerprint density at radius 2 is 1.22 bits per heavy atom. The maximum Gasteiger partial charge on any atom is 0.0690 e. The van der Waals surface area contributed by atoms with Gasteiger partial charge < -0.3 is 9.97 Å². The number of fused-ring (bicyclic) bond motifs is 8. The van der Waals surface area contributed by atoms with E-state index in [1.807, 2.05) is 12.2 Å². The van der Waals surface area contributed by atoms with Gasteiger partial charge in [-0.05, 0) is 78.8 Å². The molecule has 5 rings (SSSR count). The van der Waals surface area contributed by atoms with Gasteiger partial charge in [-0.3, -0.25) is 0 Å². The number of H-pyrrole nitrogens is 2. The molecule has 0 amide bonds. The van der Waals surface area contributed by atoms with Crippen molar-refractivity contribution in [3.05, 3.63) is 71.3 Å². The molecule has 136 valence electrons. The summed E-state index contributed by atoms with van der Waals surface area (Å²) in [7, 11) is 0. The van der Waals surface area contributed by atoms with E-state index in [0.29, 0.717) is 0 Å². The molecule has 0 spiro atoms. The van der Waals surface area contributed by atoms with Crippen LogP contribution in [0.2, 0.25) is 0 Å². The number of rotatable bonds is 1. The van der Waals surface area contributed by atoms with Gasteiger partial charge in [0, 0.05) is 43.1 Å². The fourth-order valence-electron chi connectivity index (χ4n) is 3.35. The molecular formula is C22H18N4Pt. The van der Waals surface area contributed by atoms with Gasteiger partial charge in [0.25, 0.3) is 0 Å². The van der Waals surface area contributed by atoms with Crippen LogP contribution in [0.1, 0.15) is 36.1 Å². The van der Waals surface area contributed by atoms with Crippen LogP contribution in [0.15, 0.2) is 48.5 Å². The molecule has 2 N–H and O–H groups in total. The van der Waals surface area contributed by atoms with Crippen LogP contribution in [0.5, 0.6) is 0 Å². The van der Waals surface area contributed by atoms with Gasteiger partial charge in [-0.2, -0.15) is 0 Å². The van der Waals surface area contributed by atoms with E-state index in [1.54, 1.807) is 0 Å². The molecule has 3 aromatic heterocycles. The number of nitrogens with zero attached hydrogens (tertiary/aromatic N) is 2. The first-order chi connectivity index (χ1) is 12.7. The normalized spacial score (nSPS) is 12.6. The number of hydrogen-bond donors (Lipinski definition) is 2. The number of aromatic amines is 2. The minimum absolute atomic E-state index is 0. The maximum atomic E-state index is 4.81. The van der Waals surface area contributed by atoms with Gasteiger partial charge in [0.05, 0.1) is 22.8 Å². The minimum Gasteiger partial charge on any atom is -0.355 e. The van der Waals surface area contributed by atoms with Crippen molar-refractivity contribution in [3.8, 4) is 0 Å². The third-order valence-corrected chi connectivity index (χ3v) is 4.63. The van der Waals surface area contributed by atoms with E-state index < -0.39 is 0 Å². The van der Waals surface area contributed by atoms with Gasteiger partial charge in [0.2, 0.25) is 0 Å². The molecule has 5 heteroatoms. The third kappa shape index (κ3) is 3.58. The van der Waals surface area contributed by atoms with Gasteiger partial charge in [-0.1, -0.05) is 6.92 Å². The van der Waals surface area contributed by atoms with Crippen LogP contribution in [-0.4, -0.2) is 19.9 Å². The molecule has 27 heavy (non-hydrogen) atoms. The largest absolute Gasteiger partial charge is 0.355 e. The second kappa shape index (κ2) is 7.13. The van der Waals surface area contributed by atoms with Crippen molar-refractivity contribution in [3.63, 3.8) is 0 Å². The van der Waals surface area contributed by atoms with E-state index in [2.05, 4.69) is 76.5 Å². The molecule has 3 aromatic rings. The Kier molecular flexibility index (Phi) is 4.67. The average Bonchev–Trinajstić information content (AvgIpc) is 3.39. The fourth-order valence-corrected chi connectivity index (χ4v) is 3.35. The van der Waals surface area contributed by atoms with Gasteiger partial charge in [-0.25, -0.2) is 9.97 Å². The van der Waals surface area contributed by atoms with E-state index in [1.165, 1.54) is 5.57 Å². The second-order valence-electron chi connectivity index (χ2n) is 6.56. The molecule has 0 saturated heterocycles. The smallest absolute Gasteiger partial charge is 0.0690 e. The van der Waals surface area contributed by atoms with Crippen LogP contribution < -0.4 is 0 Å².